The van der Waals surface area contributed by atoms with Gasteiger partial charge >= 0.3 is 5.97 Å². The molecule has 1 aliphatic rings. The summed E-state index contributed by atoms with van der Waals surface area (Å²) in [5.74, 6) is -0.849. The summed E-state index contributed by atoms with van der Waals surface area (Å²) >= 11 is 0. The van der Waals surface area contributed by atoms with Gasteiger partial charge in [0, 0.05) is 5.57 Å². The standard InChI is InChI=1S/C8H12O3/c1-5(8(9)10)3-4-7-6(2)11-7/h3,6-7H,4H2,1-2H3,(H,9,10). The first kappa shape index (κ1) is 8.27. The van der Waals surface area contributed by atoms with Gasteiger partial charge in [0.2, 0.25) is 0 Å². The van der Waals surface area contributed by atoms with Crippen LogP contribution >= 0.6 is 0 Å². The number of aliphatic carboxylic acids is 1. The number of hydrogen-bond donors (Lipinski definition) is 1. The monoisotopic (exact) mass is 156 g/mol. The molecule has 11 heavy (non-hydrogen) atoms. The first-order valence-electron chi connectivity index (χ1n) is 3.66. The molecule has 2 unspecified atom stereocenters. The van der Waals surface area contributed by atoms with Gasteiger partial charge < -0.3 is 9.84 Å². The first-order chi connectivity index (χ1) is 5.11. The fourth-order valence-electron chi connectivity index (χ4n) is 0.858. The van der Waals surface area contributed by atoms with E-state index in [1.165, 1.54) is 0 Å². The van der Waals surface area contributed by atoms with Crippen LogP contribution in [0.5, 0.6) is 0 Å². The SMILES string of the molecule is CC(=CCC1OC1C)C(=O)O. The van der Waals surface area contributed by atoms with Crippen LogP contribution in [0.15, 0.2) is 11.6 Å². The summed E-state index contributed by atoms with van der Waals surface area (Å²) in [6, 6.07) is 0. The smallest absolute Gasteiger partial charge is 0.330 e. The Labute approximate surface area is 65.7 Å². The summed E-state index contributed by atoms with van der Waals surface area (Å²) in [5.41, 5.74) is 0.396. The molecule has 3 heteroatoms. The number of carboxylic acid groups (broad SMARTS) is 1. The van der Waals surface area contributed by atoms with Gasteiger partial charge in [0.05, 0.1) is 12.2 Å². The first-order valence-corrected chi connectivity index (χ1v) is 3.66. The Morgan fingerprint density at radius 3 is 2.64 bits per heavy atom. The van der Waals surface area contributed by atoms with Gasteiger partial charge in [0.1, 0.15) is 0 Å². The molecular weight excluding hydrogens is 144 g/mol. The molecule has 2 atom stereocenters. The van der Waals surface area contributed by atoms with Crippen molar-refractivity contribution in [3.63, 3.8) is 0 Å². The Kier molecular flexibility index (Phi) is 2.29. The Morgan fingerprint density at radius 1 is 1.73 bits per heavy atom. The molecule has 0 bridgehead atoms. The molecule has 0 radical (unpaired) electrons. The second kappa shape index (κ2) is 3.05. The summed E-state index contributed by atoms with van der Waals surface area (Å²) in [6.07, 6.45) is 2.99. The zero-order chi connectivity index (χ0) is 8.43. The summed E-state index contributed by atoms with van der Waals surface area (Å²) in [4.78, 5) is 10.3. The molecule has 0 saturated carbocycles. The van der Waals surface area contributed by atoms with Crippen LogP contribution in [0.3, 0.4) is 0 Å². The van der Waals surface area contributed by atoms with E-state index in [4.69, 9.17) is 9.84 Å². The maximum atomic E-state index is 10.3. The van der Waals surface area contributed by atoms with Gasteiger partial charge in [-0.15, -0.1) is 0 Å². The average molecular weight is 156 g/mol. The van der Waals surface area contributed by atoms with Crippen molar-refractivity contribution in [2.75, 3.05) is 0 Å². The molecule has 0 amide bonds. The fraction of sp³-hybridized carbons (Fsp3) is 0.625. The summed E-state index contributed by atoms with van der Waals surface area (Å²) in [6.45, 7) is 3.57. The number of hydrogen-bond acceptors (Lipinski definition) is 2. The van der Waals surface area contributed by atoms with Crippen molar-refractivity contribution in [3.05, 3.63) is 11.6 Å². The van der Waals surface area contributed by atoms with Gasteiger partial charge in [0.15, 0.2) is 0 Å². The van der Waals surface area contributed by atoms with E-state index in [2.05, 4.69) is 0 Å². The van der Waals surface area contributed by atoms with Crippen LogP contribution in [0.2, 0.25) is 0 Å². The number of carbonyl (C=O) groups is 1. The highest BCUT2D eigenvalue weighted by atomic mass is 16.6. The zero-order valence-electron chi connectivity index (χ0n) is 6.70. The van der Waals surface area contributed by atoms with Crippen LogP contribution < -0.4 is 0 Å². The molecule has 3 nitrogen and oxygen atoms in total. The minimum absolute atomic E-state index is 0.254. The van der Waals surface area contributed by atoms with Crippen molar-refractivity contribution in [1.82, 2.24) is 0 Å². The van der Waals surface area contributed by atoms with Crippen molar-refractivity contribution >= 4 is 5.97 Å². The molecule has 1 aliphatic heterocycles. The summed E-state index contributed by atoms with van der Waals surface area (Å²) in [5, 5.41) is 8.47. The molecule has 0 aromatic heterocycles. The van der Waals surface area contributed by atoms with Crippen LogP contribution in [-0.2, 0) is 9.53 Å². The van der Waals surface area contributed by atoms with Gasteiger partial charge in [0.25, 0.3) is 0 Å². The molecule has 0 aliphatic carbocycles. The van der Waals surface area contributed by atoms with Crippen molar-refractivity contribution in [2.45, 2.75) is 32.5 Å². The highest BCUT2D eigenvalue weighted by molar-refractivity contribution is 5.85. The third kappa shape index (κ3) is 2.35. The van der Waals surface area contributed by atoms with Gasteiger partial charge in [-0.2, -0.15) is 0 Å². The minimum atomic E-state index is -0.849. The van der Waals surface area contributed by atoms with Crippen LogP contribution in [0, 0.1) is 0 Å². The lowest BCUT2D eigenvalue weighted by Gasteiger charge is -1.90. The van der Waals surface area contributed by atoms with Crippen LogP contribution in [0.1, 0.15) is 20.3 Å². The molecule has 1 saturated heterocycles. The number of rotatable bonds is 3. The van der Waals surface area contributed by atoms with E-state index < -0.39 is 5.97 Å². The molecule has 0 aromatic rings. The summed E-state index contributed by atoms with van der Waals surface area (Å²) in [7, 11) is 0. The lowest BCUT2D eigenvalue weighted by atomic mass is 10.2. The van der Waals surface area contributed by atoms with Gasteiger partial charge in [-0.1, -0.05) is 6.08 Å². The van der Waals surface area contributed by atoms with E-state index in [0.717, 1.165) is 6.42 Å². The third-order valence-electron chi connectivity index (χ3n) is 1.83. The molecule has 1 heterocycles. The predicted molar refractivity (Wildman–Crippen MR) is 40.3 cm³/mol. The molecule has 1 fully saturated rings. The number of epoxide rings is 1. The molecule has 0 spiro atoms. The fourth-order valence-corrected chi connectivity index (χ4v) is 0.858. The average Bonchev–Trinajstić information content (AvgIpc) is 2.61. The predicted octanol–water partition coefficient (Wildman–Crippen LogP) is 1.19. The van der Waals surface area contributed by atoms with E-state index in [0.29, 0.717) is 11.7 Å². The topological polar surface area (TPSA) is 49.8 Å². The van der Waals surface area contributed by atoms with Gasteiger partial charge in [-0.25, -0.2) is 4.79 Å². The van der Waals surface area contributed by atoms with E-state index in [-0.39, 0.29) is 6.10 Å². The van der Waals surface area contributed by atoms with Crippen LogP contribution in [0.4, 0.5) is 0 Å². The number of carboxylic acids is 1. The molecule has 0 aromatic carbocycles. The van der Waals surface area contributed by atoms with Crippen molar-refractivity contribution in [2.24, 2.45) is 0 Å². The second-order valence-corrected chi connectivity index (χ2v) is 2.81. The number of ether oxygens (including phenoxy) is 1. The van der Waals surface area contributed by atoms with E-state index in [9.17, 15) is 4.79 Å². The zero-order valence-corrected chi connectivity index (χ0v) is 6.70. The Hall–Kier alpha value is -0.830. The quantitative estimate of drug-likeness (QED) is 0.493. The highest BCUT2D eigenvalue weighted by Crippen LogP contribution is 2.24. The van der Waals surface area contributed by atoms with Crippen LogP contribution in [-0.4, -0.2) is 23.3 Å². The lowest BCUT2D eigenvalue weighted by molar-refractivity contribution is -0.132. The maximum Gasteiger partial charge on any atom is 0.330 e. The molecule has 1 rings (SSSR count). The Balaban J connectivity index is 2.29. The minimum Gasteiger partial charge on any atom is -0.478 e. The molecule has 1 N–H and O–H groups in total. The van der Waals surface area contributed by atoms with Gasteiger partial charge in [-0.05, 0) is 20.3 Å². The van der Waals surface area contributed by atoms with Crippen LogP contribution in [0.25, 0.3) is 0 Å². The van der Waals surface area contributed by atoms with Gasteiger partial charge in [-0.3, -0.25) is 0 Å². The normalized spacial score (nSPS) is 30.2. The second-order valence-electron chi connectivity index (χ2n) is 2.81. The third-order valence-corrected chi connectivity index (χ3v) is 1.83. The van der Waals surface area contributed by atoms with E-state index in [1.807, 2.05) is 6.92 Å². The van der Waals surface area contributed by atoms with Crippen molar-refractivity contribution < 1.29 is 14.6 Å². The highest BCUT2D eigenvalue weighted by Gasteiger charge is 2.32. The van der Waals surface area contributed by atoms with E-state index >= 15 is 0 Å². The summed E-state index contributed by atoms with van der Waals surface area (Å²) < 4.78 is 5.11. The van der Waals surface area contributed by atoms with E-state index in [1.54, 1.807) is 13.0 Å². The Bertz CT molecular complexity index is 196. The lowest BCUT2D eigenvalue weighted by Crippen LogP contribution is -1.97. The molecular formula is C8H12O3. The van der Waals surface area contributed by atoms with Crippen molar-refractivity contribution in [3.8, 4) is 0 Å². The molecule has 62 valence electrons. The Morgan fingerprint density at radius 2 is 2.27 bits per heavy atom. The van der Waals surface area contributed by atoms with Crippen molar-refractivity contribution in [1.29, 1.82) is 0 Å². The largest absolute Gasteiger partial charge is 0.478 e. The maximum absolute atomic E-state index is 10.3.